The summed E-state index contributed by atoms with van der Waals surface area (Å²) < 4.78 is 11.1. The van der Waals surface area contributed by atoms with Gasteiger partial charge in [0.15, 0.2) is 0 Å². The third-order valence-corrected chi connectivity index (χ3v) is 4.01. The molecule has 0 bridgehead atoms. The van der Waals surface area contributed by atoms with Gasteiger partial charge in [-0.2, -0.15) is 0 Å². The third-order valence-electron chi connectivity index (χ3n) is 4.01. The second-order valence-electron chi connectivity index (χ2n) is 5.81. The maximum atomic E-state index is 12.1. The lowest BCUT2D eigenvalue weighted by molar-refractivity contribution is -0.0252. The van der Waals surface area contributed by atoms with Crippen LogP contribution in [0.1, 0.15) is 12.0 Å². The molecule has 0 spiro atoms. The minimum Gasteiger partial charge on any atom is -0.488 e. The van der Waals surface area contributed by atoms with Crippen LogP contribution in [-0.2, 0) is 11.3 Å². The number of carbonyl (C=O) groups excluding carboxylic acids is 1. The average Bonchev–Trinajstić information content (AvgIpc) is 2.63. The van der Waals surface area contributed by atoms with Crippen LogP contribution >= 0.6 is 0 Å². The zero-order valence-corrected chi connectivity index (χ0v) is 13.4. The molecule has 2 aromatic rings. The molecular formula is C19H21NO4. The molecule has 0 aromatic heterocycles. The van der Waals surface area contributed by atoms with Gasteiger partial charge < -0.3 is 19.5 Å². The maximum Gasteiger partial charge on any atom is 0.410 e. The highest BCUT2D eigenvalue weighted by Gasteiger charge is 2.32. The van der Waals surface area contributed by atoms with Crippen molar-refractivity contribution in [1.82, 2.24) is 4.90 Å². The summed E-state index contributed by atoms with van der Waals surface area (Å²) >= 11 is 0. The van der Waals surface area contributed by atoms with E-state index in [4.69, 9.17) is 9.47 Å². The van der Waals surface area contributed by atoms with Gasteiger partial charge in [0, 0.05) is 13.0 Å². The predicted molar refractivity (Wildman–Crippen MR) is 89.7 cm³/mol. The molecule has 0 aliphatic carbocycles. The normalized spacial score (nSPS) is 20.5. The molecule has 5 heteroatoms. The molecule has 1 heterocycles. The second-order valence-corrected chi connectivity index (χ2v) is 5.81. The number of amides is 1. The first-order valence-corrected chi connectivity index (χ1v) is 8.08. The van der Waals surface area contributed by atoms with Crippen LogP contribution in [0, 0.1) is 0 Å². The number of aliphatic hydroxyl groups is 1. The van der Waals surface area contributed by atoms with Gasteiger partial charge >= 0.3 is 6.09 Å². The Morgan fingerprint density at radius 2 is 1.75 bits per heavy atom. The van der Waals surface area contributed by atoms with Gasteiger partial charge in [-0.25, -0.2) is 4.79 Å². The van der Waals surface area contributed by atoms with Crippen LogP contribution in [0.2, 0.25) is 0 Å². The van der Waals surface area contributed by atoms with Crippen molar-refractivity contribution in [3.63, 3.8) is 0 Å². The van der Waals surface area contributed by atoms with E-state index in [1.165, 1.54) is 4.90 Å². The highest BCUT2D eigenvalue weighted by atomic mass is 16.6. The summed E-state index contributed by atoms with van der Waals surface area (Å²) in [5.41, 5.74) is 0.939. The summed E-state index contributed by atoms with van der Waals surface area (Å²) in [7, 11) is 0. The smallest absolute Gasteiger partial charge is 0.410 e. The highest BCUT2D eigenvalue weighted by molar-refractivity contribution is 5.67. The number of β-amino-alcohol motifs (C(OH)–C–C–N with tert-alkyl or cyclic N) is 1. The van der Waals surface area contributed by atoms with Crippen LogP contribution in [0.15, 0.2) is 60.7 Å². The molecule has 0 unspecified atom stereocenters. The van der Waals surface area contributed by atoms with Crippen LogP contribution in [-0.4, -0.2) is 41.4 Å². The lowest BCUT2D eigenvalue weighted by Crippen LogP contribution is -2.51. The van der Waals surface area contributed by atoms with Gasteiger partial charge in [0.25, 0.3) is 0 Å². The van der Waals surface area contributed by atoms with Crippen molar-refractivity contribution in [2.24, 2.45) is 0 Å². The molecular weight excluding hydrogens is 306 g/mol. The number of carbonyl (C=O) groups is 1. The zero-order chi connectivity index (χ0) is 16.8. The van der Waals surface area contributed by atoms with Gasteiger partial charge in [0.1, 0.15) is 24.6 Å². The molecule has 2 aromatic carbocycles. The van der Waals surface area contributed by atoms with Crippen molar-refractivity contribution in [3.05, 3.63) is 66.2 Å². The lowest BCUT2D eigenvalue weighted by atomic mass is 10.1. The number of rotatable bonds is 4. The Hall–Kier alpha value is -2.53. The van der Waals surface area contributed by atoms with Crippen molar-refractivity contribution in [3.8, 4) is 5.75 Å². The lowest BCUT2D eigenvalue weighted by Gasteiger charge is -2.35. The fourth-order valence-electron chi connectivity index (χ4n) is 2.70. The van der Waals surface area contributed by atoms with E-state index in [-0.39, 0.29) is 19.3 Å². The quantitative estimate of drug-likeness (QED) is 0.938. The Kier molecular flexibility index (Phi) is 5.33. The van der Waals surface area contributed by atoms with Crippen LogP contribution in [0.3, 0.4) is 0 Å². The van der Waals surface area contributed by atoms with E-state index in [9.17, 15) is 9.90 Å². The first-order chi connectivity index (χ1) is 11.7. The minimum absolute atomic E-state index is 0.213. The molecule has 3 rings (SSSR count). The largest absolute Gasteiger partial charge is 0.488 e. The van der Waals surface area contributed by atoms with Crippen LogP contribution < -0.4 is 4.74 Å². The molecule has 1 saturated heterocycles. The summed E-state index contributed by atoms with van der Waals surface area (Å²) in [6.45, 7) is 0.948. The van der Waals surface area contributed by atoms with Crippen LogP contribution in [0.25, 0.3) is 0 Å². The van der Waals surface area contributed by atoms with E-state index < -0.39 is 12.2 Å². The minimum atomic E-state index is -0.733. The molecule has 0 saturated carbocycles. The Morgan fingerprint density at radius 3 is 2.42 bits per heavy atom. The summed E-state index contributed by atoms with van der Waals surface area (Å²) in [4.78, 5) is 13.7. The number of nitrogens with zero attached hydrogens (tertiary/aromatic N) is 1. The van der Waals surface area contributed by atoms with Crippen molar-refractivity contribution >= 4 is 6.09 Å². The van der Waals surface area contributed by atoms with Gasteiger partial charge in [-0.05, 0) is 17.7 Å². The van der Waals surface area contributed by atoms with Crippen molar-refractivity contribution < 1.29 is 19.4 Å². The Labute approximate surface area is 141 Å². The van der Waals surface area contributed by atoms with Crippen LogP contribution in [0.4, 0.5) is 4.79 Å². The fourth-order valence-corrected chi connectivity index (χ4v) is 2.70. The van der Waals surface area contributed by atoms with Gasteiger partial charge in [0.05, 0.1) is 6.54 Å². The number of aliphatic hydroxyl groups excluding tert-OH is 1. The summed E-state index contributed by atoms with van der Waals surface area (Å²) in [6, 6.07) is 18.9. The molecule has 1 aliphatic rings. The Morgan fingerprint density at radius 1 is 1.08 bits per heavy atom. The van der Waals surface area contributed by atoms with E-state index in [2.05, 4.69) is 0 Å². The average molecular weight is 327 g/mol. The highest BCUT2D eigenvalue weighted by Crippen LogP contribution is 2.19. The molecule has 1 aliphatic heterocycles. The molecule has 24 heavy (non-hydrogen) atoms. The molecule has 1 N–H and O–H groups in total. The summed E-state index contributed by atoms with van der Waals surface area (Å²) in [5, 5.41) is 10.3. The first-order valence-electron chi connectivity index (χ1n) is 8.08. The maximum absolute atomic E-state index is 12.1. The zero-order valence-electron chi connectivity index (χ0n) is 13.4. The molecule has 2 atom stereocenters. The number of hydrogen-bond acceptors (Lipinski definition) is 4. The van der Waals surface area contributed by atoms with Crippen LogP contribution in [0.5, 0.6) is 5.75 Å². The van der Waals surface area contributed by atoms with Crippen molar-refractivity contribution in [1.29, 1.82) is 0 Å². The molecule has 1 fully saturated rings. The Balaban J connectivity index is 1.48. The number of benzene rings is 2. The molecule has 1 amide bonds. The molecule has 5 nitrogen and oxygen atoms in total. The van der Waals surface area contributed by atoms with E-state index in [0.29, 0.717) is 13.0 Å². The second kappa shape index (κ2) is 7.84. The van der Waals surface area contributed by atoms with E-state index in [1.807, 2.05) is 60.7 Å². The predicted octanol–water partition coefficient (Wildman–Crippen LogP) is 2.84. The van der Waals surface area contributed by atoms with E-state index >= 15 is 0 Å². The number of hydrogen-bond donors (Lipinski definition) is 1. The number of para-hydroxylation sites is 1. The number of ether oxygens (including phenoxy) is 2. The number of piperidine rings is 1. The molecule has 126 valence electrons. The summed E-state index contributed by atoms with van der Waals surface area (Å²) in [6.07, 6.45) is -0.888. The monoisotopic (exact) mass is 327 g/mol. The Bertz CT molecular complexity index is 647. The third kappa shape index (κ3) is 4.26. The van der Waals surface area contributed by atoms with Gasteiger partial charge in [-0.15, -0.1) is 0 Å². The SMILES string of the molecule is O=C(OCc1ccccc1)N1CC[C@H](Oc2ccccc2)[C@@H](O)C1. The summed E-state index contributed by atoms with van der Waals surface area (Å²) in [5.74, 6) is 0.724. The van der Waals surface area contributed by atoms with Crippen molar-refractivity contribution in [2.45, 2.75) is 25.2 Å². The first kappa shape index (κ1) is 16.3. The molecule has 0 radical (unpaired) electrons. The van der Waals surface area contributed by atoms with Gasteiger partial charge in [0.2, 0.25) is 0 Å². The van der Waals surface area contributed by atoms with Gasteiger partial charge in [-0.1, -0.05) is 48.5 Å². The fraction of sp³-hybridized carbons (Fsp3) is 0.316. The topological polar surface area (TPSA) is 59.0 Å². The van der Waals surface area contributed by atoms with E-state index in [0.717, 1.165) is 11.3 Å². The number of likely N-dealkylation sites (tertiary alicyclic amines) is 1. The van der Waals surface area contributed by atoms with Gasteiger partial charge in [-0.3, -0.25) is 0 Å². The standard InChI is InChI=1S/C19H21NO4/c21-17-13-20(19(22)23-14-15-7-3-1-4-8-15)12-11-18(17)24-16-9-5-2-6-10-16/h1-10,17-18,21H,11-14H2/t17-,18-/m0/s1. The van der Waals surface area contributed by atoms with E-state index in [1.54, 1.807) is 0 Å². The van der Waals surface area contributed by atoms with Crippen molar-refractivity contribution in [2.75, 3.05) is 13.1 Å².